The van der Waals surface area contributed by atoms with Crippen LogP contribution in [0.1, 0.15) is 28.4 Å². The Morgan fingerprint density at radius 2 is 1.82 bits per heavy atom. The molecule has 0 saturated carbocycles. The molecule has 0 aliphatic heterocycles. The second-order valence-electron chi connectivity index (χ2n) is 5.29. The highest BCUT2D eigenvalue weighted by Gasteiger charge is 2.07. The van der Waals surface area contributed by atoms with E-state index in [0.717, 1.165) is 28.3 Å². The lowest BCUT2D eigenvalue weighted by Gasteiger charge is -2.11. The van der Waals surface area contributed by atoms with Gasteiger partial charge in [-0.1, -0.05) is 30.7 Å². The predicted octanol–water partition coefficient (Wildman–Crippen LogP) is 4.18. The van der Waals surface area contributed by atoms with Crippen LogP contribution in [0.4, 0.5) is 0 Å². The van der Waals surface area contributed by atoms with Gasteiger partial charge in [-0.2, -0.15) is 0 Å². The first-order chi connectivity index (χ1) is 10.5. The summed E-state index contributed by atoms with van der Waals surface area (Å²) in [5.74, 6) is 0.799. The molecule has 2 aromatic rings. The van der Waals surface area contributed by atoms with Gasteiger partial charge in [0.1, 0.15) is 12.4 Å². The van der Waals surface area contributed by atoms with Gasteiger partial charge in [0.2, 0.25) is 0 Å². The maximum absolute atomic E-state index is 11.8. The molecule has 0 fully saturated rings. The van der Waals surface area contributed by atoms with Crippen molar-refractivity contribution >= 4 is 17.5 Å². The van der Waals surface area contributed by atoms with Crippen LogP contribution in [0.25, 0.3) is 0 Å². The van der Waals surface area contributed by atoms with E-state index in [9.17, 15) is 4.79 Å². The zero-order valence-electron chi connectivity index (χ0n) is 13.1. The molecule has 0 radical (unpaired) electrons. The Kier molecular flexibility index (Phi) is 5.45. The molecule has 0 aliphatic carbocycles. The van der Waals surface area contributed by atoms with Crippen LogP contribution >= 0.6 is 11.6 Å². The second kappa shape index (κ2) is 7.32. The third kappa shape index (κ3) is 4.01. The summed E-state index contributed by atoms with van der Waals surface area (Å²) >= 11 is 6.09. The van der Waals surface area contributed by atoms with E-state index in [4.69, 9.17) is 16.3 Å². The summed E-state index contributed by atoms with van der Waals surface area (Å²) in [6.45, 7) is 2.52. The van der Waals surface area contributed by atoms with Crippen LogP contribution in [0.3, 0.4) is 0 Å². The molecule has 0 saturated heterocycles. The topological polar surface area (TPSA) is 29.5 Å². The maximum atomic E-state index is 11.8. The largest absolute Gasteiger partial charge is 0.489 e. The lowest BCUT2D eigenvalue weighted by Crippen LogP contribution is -2.21. The Morgan fingerprint density at radius 1 is 1.14 bits per heavy atom. The Bertz CT molecular complexity index is 651. The molecular weight excluding hydrogens is 298 g/mol. The van der Waals surface area contributed by atoms with Gasteiger partial charge >= 0.3 is 0 Å². The van der Waals surface area contributed by atoms with Crippen molar-refractivity contribution in [2.45, 2.75) is 20.0 Å². The summed E-state index contributed by atoms with van der Waals surface area (Å²) in [4.78, 5) is 13.4. The maximum Gasteiger partial charge on any atom is 0.253 e. The SMILES string of the molecule is CCc1cc(OCc2ccc(C(=O)N(C)C)cc2)ccc1Cl. The van der Waals surface area contributed by atoms with Crippen LogP contribution in [0.15, 0.2) is 42.5 Å². The van der Waals surface area contributed by atoms with Crippen molar-refractivity contribution in [1.82, 2.24) is 4.90 Å². The molecule has 0 unspecified atom stereocenters. The number of carbonyl (C=O) groups excluding carboxylic acids is 1. The molecule has 2 aromatic carbocycles. The molecule has 0 heterocycles. The van der Waals surface area contributed by atoms with Gasteiger partial charge in [-0.15, -0.1) is 0 Å². The van der Waals surface area contributed by atoms with Crippen molar-refractivity contribution in [2.75, 3.05) is 14.1 Å². The first-order valence-corrected chi connectivity index (χ1v) is 7.61. The molecule has 0 aromatic heterocycles. The molecule has 3 nitrogen and oxygen atoms in total. The Morgan fingerprint density at radius 3 is 2.41 bits per heavy atom. The minimum absolute atomic E-state index is 0.00208. The Hall–Kier alpha value is -2.00. The predicted molar refractivity (Wildman–Crippen MR) is 89.6 cm³/mol. The second-order valence-corrected chi connectivity index (χ2v) is 5.70. The zero-order valence-corrected chi connectivity index (χ0v) is 13.9. The number of rotatable bonds is 5. The monoisotopic (exact) mass is 317 g/mol. The van der Waals surface area contributed by atoms with E-state index in [-0.39, 0.29) is 5.91 Å². The van der Waals surface area contributed by atoms with E-state index < -0.39 is 0 Å². The molecule has 1 amide bonds. The quantitative estimate of drug-likeness (QED) is 0.827. The number of nitrogens with zero attached hydrogens (tertiary/aromatic N) is 1. The average molecular weight is 318 g/mol. The number of hydrogen-bond acceptors (Lipinski definition) is 2. The van der Waals surface area contributed by atoms with Gasteiger partial charge in [0.25, 0.3) is 5.91 Å². The minimum atomic E-state index is -0.00208. The van der Waals surface area contributed by atoms with Crippen LogP contribution in [0.2, 0.25) is 5.02 Å². The van der Waals surface area contributed by atoms with Gasteiger partial charge in [-0.05, 0) is 47.9 Å². The van der Waals surface area contributed by atoms with E-state index in [2.05, 4.69) is 6.92 Å². The van der Waals surface area contributed by atoms with E-state index in [1.807, 2.05) is 42.5 Å². The van der Waals surface area contributed by atoms with Crippen molar-refractivity contribution in [3.05, 3.63) is 64.2 Å². The molecule has 0 atom stereocenters. The van der Waals surface area contributed by atoms with E-state index in [0.29, 0.717) is 12.2 Å². The number of ether oxygens (including phenoxy) is 1. The van der Waals surface area contributed by atoms with Gasteiger partial charge in [-0.25, -0.2) is 0 Å². The fourth-order valence-corrected chi connectivity index (χ4v) is 2.33. The molecule has 0 spiro atoms. The normalized spacial score (nSPS) is 10.4. The number of carbonyl (C=O) groups is 1. The van der Waals surface area contributed by atoms with Gasteiger partial charge in [-0.3, -0.25) is 4.79 Å². The smallest absolute Gasteiger partial charge is 0.253 e. The highest BCUT2D eigenvalue weighted by molar-refractivity contribution is 6.31. The third-order valence-corrected chi connectivity index (χ3v) is 3.78. The fourth-order valence-electron chi connectivity index (χ4n) is 2.08. The molecule has 0 bridgehead atoms. The van der Waals surface area contributed by atoms with Crippen LogP contribution in [-0.4, -0.2) is 24.9 Å². The van der Waals surface area contributed by atoms with Crippen LogP contribution < -0.4 is 4.74 Å². The molecule has 0 aliphatic rings. The summed E-state index contributed by atoms with van der Waals surface area (Å²) in [5, 5.41) is 0.765. The summed E-state index contributed by atoms with van der Waals surface area (Å²) in [6, 6.07) is 13.1. The minimum Gasteiger partial charge on any atom is -0.489 e. The first kappa shape index (κ1) is 16.4. The Balaban J connectivity index is 2.01. The number of hydrogen-bond donors (Lipinski definition) is 0. The number of amides is 1. The summed E-state index contributed by atoms with van der Waals surface area (Å²) < 4.78 is 5.78. The summed E-state index contributed by atoms with van der Waals surface area (Å²) in [7, 11) is 3.48. The van der Waals surface area contributed by atoms with Gasteiger partial charge < -0.3 is 9.64 Å². The third-order valence-electron chi connectivity index (χ3n) is 3.41. The molecule has 116 valence electrons. The van der Waals surface area contributed by atoms with Crippen LogP contribution in [0, 0.1) is 0 Å². The van der Waals surface area contributed by atoms with Gasteiger partial charge in [0, 0.05) is 24.7 Å². The average Bonchev–Trinajstić information content (AvgIpc) is 2.53. The highest BCUT2D eigenvalue weighted by atomic mass is 35.5. The number of benzene rings is 2. The number of halogens is 1. The molecule has 0 N–H and O–H groups in total. The number of aryl methyl sites for hydroxylation is 1. The summed E-state index contributed by atoms with van der Waals surface area (Å²) in [5.41, 5.74) is 2.77. The lowest BCUT2D eigenvalue weighted by atomic mass is 10.1. The van der Waals surface area contributed by atoms with Crippen LogP contribution in [0.5, 0.6) is 5.75 Å². The van der Waals surface area contributed by atoms with E-state index in [1.165, 1.54) is 0 Å². The Labute approximate surface area is 136 Å². The zero-order chi connectivity index (χ0) is 16.1. The van der Waals surface area contributed by atoms with Crippen molar-refractivity contribution in [1.29, 1.82) is 0 Å². The van der Waals surface area contributed by atoms with Crippen molar-refractivity contribution in [2.24, 2.45) is 0 Å². The molecule has 4 heteroatoms. The van der Waals surface area contributed by atoms with E-state index >= 15 is 0 Å². The van der Waals surface area contributed by atoms with Gasteiger partial charge in [0.05, 0.1) is 0 Å². The molecule has 22 heavy (non-hydrogen) atoms. The standard InChI is InChI=1S/C18H20ClNO2/c1-4-14-11-16(9-10-17(14)19)22-12-13-5-7-15(8-6-13)18(21)20(2)3/h5-11H,4,12H2,1-3H3. The molecular formula is C18H20ClNO2. The highest BCUT2D eigenvalue weighted by Crippen LogP contribution is 2.23. The van der Waals surface area contributed by atoms with Gasteiger partial charge in [0.15, 0.2) is 0 Å². The van der Waals surface area contributed by atoms with Crippen LogP contribution in [-0.2, 0) is 13.0 Å². The van der Waals surface area contributed by atoms with Crippen molar-refractivity contribution < 1.29 is 9.53 Å². The van der Waals surface area contributed by atoms with Crippen molar-refractivity contribution in [3.63, 3.8) is 0 Å². The fraction of sp³-hybridized carbons (Fsp3) is 0.278. The summed E-state index contributed by atoms with van der Waals surface area (Å²) in [6.07, 6.45) is 0.872. The molecule has 2 rings (SSSR count). The van der Waals surface area contributed by atoms with Crippen molar-refractivity contribution in [3.8, 4) is 5.75 Å². The lowest BCUT2D eigenvalue weighted by molar-refractivity contribution is 0.0827. The first-order valence-electron chi connectivity index (χ1n) is 7.23. The van der Waals surface area contributed by atoms with E-state index in [1.54, 1.807) is 19.0 Å².